The molecule has 0 aliphatic heterocycles. The van der Waals surface area contributed by atoms with Gasteiger partial charge in [0.25, 0.3) is 0 Å². The van der Waals surface area contributed by atoms with Crippen molar-refractivity contribution in [2.24, 2.45) is 5.14 Å². The zero-order chi connectivity index (χ0) is 14.7. The van der Waals surface area contributed by atoms with E-state index in [1.807, 2.05) is 13.8 Å². The zero-order valence-corrected chi connectivity index (χ0v) is 12.0. The predicted octanol–water partition coefficient (Wildman–Crippen LogP) is 0.879. The van der Waals surface area contributed by atoms with Gasteiger partial charge in [-0.2, -0.15) is 0 Å². The minimum Gasteiger partial charge on any atom is -0.396 e. The van der Waals surface area contributed by atoms with Crippen LogP contribution < -0.4 is 16.2 Å². The highest BCUT2D eigenvalue weighted by Crippen LogP contribution is 2.26. The van der Waals surface area contributed by atoms with Crippen molar-refractivity contribution in [2.45, 2.75) is 37.2 Å². The lowest BCUT2D eigenvalue weighted by Gasteiger charge is -2.26. The molecular formula is C12H21N3O3S. The number of para-hydroxylation sites is 1. The zero-order valence-electron chi connectivity index (χ0n) is 11.2. The summed E-state index contributed by atoms with van der Waals surface area (Å²) >= 11 is 0. The van der Waals surface area contributed by atoms with Gasteiger partial charge in [0.2, 0.25) is 10.0 Å². The van der Waals surface area contributed by atoms with Crippen molar-refractivity contribution in [3.63, 3.8) is 0 Å². The Hall–Kier alpha value is -1.31. The molecule has 6 nitrogen and oxygen atoms in total. The van der Waals surface area contributed by atoms with E-state index >= 15 is 0 Å². The number of nitrogen functional groups attached to an aromatic ring is 1. The fourth-order valence-corrected chi connectivity index (χ4v) is 2.39. The summed E-state index contributed by atoms with van der Waals surface area (Å²) in [5.41, 5.74) is 5.46. The van der Waals surface area contributed by atoms with Gasteiger partial charge >= 0.3 is 0 Å². The minimum atomic E-state index is -3.85. The number of nitrogens with two attached hydrogens (primary N) is 2. The van der Waals surface area contributed by atoms with Crippen molar-refractivity contribution < 1.29 is 13.5 Å². The molecule has 1 rings (SSSR count). The van der Waals surface area contributed by atoms with Crippen LogP contribution in [0, 0.1) is 0 Å². The molecule has 0 saturated carbocycles. The van der Waals surface area contributed by atoms with E-state index in [1.54, 1.807) is 12.1 Å². The highest BCUT2D eigenvalue weighted by atomic mass is 32.2. The standard InChI is InChI=1S/C12H21N3O3S/c1-3-12(16,4-2)8-15-9-6-5-7-10(11(9)13)19(14,17)18/h5-7,15-16H,3-4,8,13H2,1-2H3,(H2,14,17,18). The van der Waals surface area contributed by atoms with E-state index < -0.39 is 15.6 Å². The van der Waals surface area contributed by atoms with Gasteiger partial charge in [-0.1, -0.05) is 19.9 Å². The van der Waals surface area contributed by atoms with Crippen molar-refractivity contribution in [2.75, 3.05) is 17.6 Å². The van der Waals surface area contributed by atoms with Crippen molar-refractivity contribution in [1.29, 1.82) is 0 Å². The lowest BCUT2D eigenvalue weighted by Crippen LogP contribution is -2.35. The average molecular weight is 287 g/mol. The summed E-state index contributed by atoms with van der Waals surface area (Å²) in [5.74, 6) is 0. The Labute approximate surface area is 113 Å². The van der Waals surface area contributed by atoms with E-state index in [-0.39, 0.29) is 17.1 Å². The van der Waals surface area contributed by atoms with Gasteiger partial charge in [0.15, 0.2) is 0 Å². The van der Waals surface area contributed by atoms with Crippen molar-refractivity contribution >= 4 is 21.4 Å². The quantitative estimate of drug-likeness (QED) is 0.579. The molecule has 0 fully saturated rings. The molecule has 0 bridgehead atoms. The maximum absolute atomic E-state index is 11.3. The fourth-order valence-electron chi connectivity index (χ4n) is 1.71. The molecule has 1 aromatic rings. The molecule has 0 heterocycles. The molecule has 0 radical (unpaired) electrons. The molecule has 1 aromatic carbocycles. The third kappa shape index (κ3) is 3.82. The smallest absolute Gasteiger partial charge is 0.240 e. The molecule has 0 saturated heterocycles. The van der Waals surface area contributed by atoms with Gasteiger partial charge in [0.05, 0.1) is 17.0 Å². The first-order chi connectivity index (χ1) is 8.73. The molecule has 7 heteroatoms. The van der Waals surface area contributed by atoms with Crippen LogP contribution in [0.15, 0.2) is 23.1 Å². The number of hydrogen-bond acceptors (Lipinski definition) is 5. The Morgan fingerprint density at radius 2 is 1.89 bits per heavy atom. The van der Waals surface area contributed by atoms with Gasteiger partial charge in [0, 0.05) is 6.54 Å². The number of aliphatic hydroxyl groups is 1. The van der Waals surface area contributed by atoms with Gasteiger partial charge in [0.1, 0.15) is 4.90 Å². The fraction of sp³-hybridized carbons (Fsp3) is 0.500. The third-order valence-electron chi connectivity index (χ3n) is 3.30. The molecule has 0 unspecified atom stereocenters. The second-order valence-electron chi connectivity index (χ2n) is 4.55. The Morgan fingerprint density at radius 3 is 2.37 bits per heavy atom. The number of sulfonamides is 1. The maximum Gasteiger partial charge on any atom is 0.240 e. The second-order valence-corrected chi connectivity index (χ2v) is 6.08. The Morgan fingerprint density at radius 1 is 1.32 bits per heavy atom. The summed E-state index contributed by atoms with van der Waals surface area (Å²) in [6.07, 6.45) is 1.18. The van der Waals surface area contributed by atoms with Crippen LogP contribution in [0.5, 0.6) is 0 Å². The molecule has 0 aliphatic rings. The van der Waals surface area contributed by atoms with Crippen molar-refractivity contribution in [3.05, 3.63) is 18.2 Å². The van der Waals surface area contributed by atoms with Gasteiger partial charge in [-0.05, 0) is 25.0 Å². The Balaban J connectivity index is 2.98. The van der Waals surface area contributed by atoms with E-state index in [0.717, 1.165) is 0 Å². The van der Waals surface area contributed by atoms with Crippen LogP contribution >= 0.6 is 0 Å². The van der Waals surface area contributed by atoms with Crippen molar-refractivity contribution in [3.8, 4) is 0 Å². The van der Waals surface area contributed by atoms with E-state index in [1.165, 1.54) is 6.07 Å². The van der Waals surface area contributed by atoms with Crippen LogP contribution in [0.2, 0.25) is 0 Å². The van der Waals surface area contributed by atoms with E-state index in [2.05, 4.69) is 5.32 Å². The predicted molar refractivity (Wildman–Crippen MR) is 76.2 cm³/mol. The number of benzene rings is 1. The normalized spacial score (nSPS) is 12.4. The summed E-state index contributed by atoms with van der Waals surface area (Å²) in [4.78, 5) is -0.117. The number of hydrogen-bond donors (Lipinski definition) is 4. The first-order valence-corrected chi connectivity index (χ1v) is 7.65. The van der Waals surface area contributed by atoms with Crippen LogP contribution in [-0.2, 0) is 10.0 Å². The van der Waals surface area contributed by atoms with Crippen LogP contribution in [-0.4, -0.2) is 25.7 Å². The molecule has 0 aromatic heterocycles. The van der Waals surface area contributed by atoms with Gasteiger partial charge < -0.3 is 16.2 Å². The summed E-state index contributed by atoms with van der Waals surface area (Å²) in [7, 11) is -3.85. The summed E-state index contributed by atoms with van der Waals surface area (Å²) in [6, 6.07) is 4.55. The Kier molecular flexibility index (Phi) is 4.78. The Bertz CT molecular complexity index is 539. The minimum absolute atomic E-state index is 0.0690. The van der Waals surface area contributed by atoms with E-state index in [0.29, 0.717) is 18.5 Å². The summed E-state index contributed by atoms with van der Waals surface area (Å²) < 4.78 is 22.7. The van der Waals surface area contributed by atoms with Crippen LogP contribution in [0.3, 0.4) is 0 Å². The molecule has 0 amide bonds. The molecule has 0 aliphatic carbocycles. The number of anilines is 2. The lowest BCUT2D eigenvalue weighted by molar-refractivity contribution is 0.0457. The van der Waals surface area contributed by atoms with Crippen molar-refractivity contribution in [1.82, 2.24) is 0 Å². The van der Waals surface area contributed by atoms with E-state index in [9.17, 15) is 13.5 Å². The first kappa shape index (κ1) is 15.7. The largest absolute Gasteiger partial charge is 0.396 e. The highest BCUT2D eigenvalue weighted by molar-refractivity contribution is 7.89. The van der Waals surface area contributed by atoms with E-state index in [4.69, 9.17) is 10.9 Å². The molecular weight excluding hydrogens is 266 g/mol. The molecule has 0 spiro atoms. The average Bonchev–Trinajstić information content (AvgIpc) is 2.36. The summed E-state index contributed by atoms with van der Waals surface area (Å²) in [5, 5.41) is 18.2. The molecule has 108 valence electrons. The summed E-state index contributed by atoms with van der Waals surface area (Å²) in [6.45, 7) is 4.06. The second kappa shape index (κ2) is 5.77. The molecule has 6 N–H and O–H groups in total. The maximum atomic E-state index is 11.3. The van der Waals surface area contributed by atoms with Crippen LogP contribution in [0.25, 0.3) is 0 Å². The topological polar surface area (TPSA) is 118 Å². The number of rotatable bonds is 6. The third-order valence-corrected chi connectivity index (χ3v) is 4.27. The van der Waals surface area contributed by atoms with Gasteiger partial charge in [-0.25, -0.2) is 13.6 Å². The van der Waals surface area contributed by atoms with Crippen LogP contribution in [0.4, 0.5) is 11.4 Å². The van der Waals surface area contributed by atoms with Gasteiger partial charge in [-0.3, -0.25) is 0 Å². The SMILES string of the molecule is CCC(O)(CC)CNc1cccc(S(N)(=O)=O)c1N. The highest BCUT2D eigenvalue weighted by Gasteiger charge is 2.22. The first-order valence-electron chi connectivity index (χ1n) is 6.11. The van der Waals surface area contributed by atoms with Crippen LogP contribution in [0.1, 0.15) is 26.7 Å². The molecule has 19 heavy (non-hydrogen) atoms. The molecule has 0 atom stereocenters. The van der Waals surface area contributed by atoms with Gasteiger partial charge in [-0.15, -0.1) is 0 Å². The monoisotopic (exact) mass is 287 g/mol. The lowest BCUT2D eigenvalue weighted by atomic mass is 9.97. The number of primary sulfonamides is 1. The number of nitrogens with one attached hydrogen (secondary N) is 1.